The van der Waals surface area contributed by atoms with Crippen molar-refractivity contribution >= 4 is 5.97 Å². The quantitative estimate of drug-likeness (QED) is 0.444. The lowest BCUT2D eigenvalue weighted by atomic mass is 9.96. The van der Waals surface area contributed by atoms with E-state index in [0.29, 0.717) is 0 Å². The molecule has 18 heavy (non-hydrogen) atoms. The average molecular weight is 278 g/mol. The summed E-state index contributed by atoms with van der Waals surface area (Å²) < 4.78 is 79.6. The largest absolute Gasteiger partial charge is 0.437 e. The number of carbonyl (C=O) groups excluding carboxylic acids is 1. The Kier molecular flexibility index (Phi) is 4.84. The monoisotopic (exact) mass is 278 g/mol. The Labute approximate surface area is 99.6 Å². The van der Waals surface area contributed by atoms with Crippen molar-refractivity contribution in [3.05, 3.63) is 12.2 Å². The van der Waals surface area contributed by atoms with Gasteiger partial charge in [-0.25, -0.2) is 4.79 Å². The van der Waals surface area contributed by atoms with Crippen molar-refractivity contribution in [2.24, 2.45) is 0 Å². The highest BCUT2D eigenvalue weighted by Gasteiger charge is 2.73. The number of alkyl halides is 6. The van der Waals surface area contributed by atoms with Crippen LogP contribution in [-0.2, 0) is 9.53 Å². The number of hydrogen-bond acceptors (Lipinski definition) is 2. The van der Waals surface area contributed by atoms with Gasteiger partial charge >= 0.3 is 23.9 Å². The van der Waals surface area contributed by atoms with E-state index in [2.05, 4.69) is 11.3 Å². The number of ether oxygens (including phenoxy) is 1. The zero-order valence-electron chi connectivity index (χ0n) is 9.71. The van der Waals surface area contributed by atoms with Gasteiger partial charge in [0.15, 0.2) is 0 Å². The average Bonchev–Trinajstić information content (AvgIpc) is 2.12. The summed E-state index contributed by atoms with van der Waals surface area (Å²) in [6.45, 7) is 5.04. The molecular weight excluding hydrogens is 266 g/mol. The summed E-state index contributed by atoms with van der Waals surface area (Å²) in [5, 5.41) is 0. The van der Waals surface area contributed by atoms with Gasteiger partial charge in [0.2, 0.25) is 0 Å². The minimum absolute atomic E-state index is 0.456. The van der Waals surface area contributed by atoms with Crippen LogP contribution in [0.2, 0.25) is 0 Å². The number of esters is 1. The fourth-order valence-electron chi connectivity index (χ4n) is 1.21. The van der Waals surface area contributed by atoms with Gasteiger partial charge in [-0.15, -0.1) is 0 Å². The molecular formula is C10H12F6O2. The van der Waals surface area contributed by atoms with E-state index in [9.17, 15) is 31.1 Å². The summed E-state index contributed by atoms with van der Waals surface area (Å²) in [6, 6.07) is 0. The van der Waals surface area contributed by atoms with Gasteiger partial charge in [0.25, 0.3) is 0 Å². The van der Waals surface area contributed by atoms with Crippen LogP contribution in [0.5, 0.6) is 0 Å². The van der Waals surface area contributed by atoms with Crippen LogP contribution >= 0.6 is 0 Å². The number of hydrogen-bond donors (Lipinski definition) is 0. The zero-order chi connectivity index (χ0) is 14.8. The smallest absolute Gasteiger partial charge is 0.436 e. The summed E-state index contributed by atoms with van der Waals surface area (Å²) in [5.74, 6) is -1.72. The molecule has 0 aromatic rings. The topological polar surface area (TPSA) is 26.3 Å². The minimum atomic E-state index is -5.74. The first-order valence-corrected chi connectivity index (χ1v) is 4.91. The molecule has 0 saturated carbocycles. The number of rotatable bonds is 4. The van der Waals surface area contributed by atoms with Crippen LogP contribution in [0.3, 0.4) is 0 Å². The zero-order valence-corrected chi connectivity index (χ0v) is 9.71. The second-order valence-corrected chi connectivity index (χ2v) is 3.74. The molecule has 2 nitrogen and oxygen atoms in total. The van der Waals surface area contributed by atoms with E-state index < -0.39 is 42.3 Å². The van der Waals surface area contributed by atoms with Crippen LogP contribution in [0.15, 0.2) is 12.2 Å². The van der Waals surface area contributed by atoms with Gasteiger partial charge in [0.1, 0.15) is 0 Å². The first-order chi connectivity index (χ1) is 7.89. The summed E-state index contributed by atoms with van der Waals surface area (Å²) >= 11 is 0. The number of halogens is 6. The maximum absolute atomic E-state index is 12.7. The van der Waals surface area contributed by atoms with Crippen LogP contribution < -0.4 is 0 Å². The van der Waals surface area contributed by atoms with E-state index in [1.165, 1.54) is 0 Å². The van der Waals surface area contributed by atoms with E-state index >= 15 is 0 Å². The second-order valence-electron chi connectivity index (χ2n) is 3.74. The first kappa shape index (κ1) is 16.8. The van der Waals surface area contributed by atoms with Gasteiger partial charge in [0.05, 0.1) is 0 Å². The molecule has 0 heterocycles. The van der Waals surface area contributed by atoms with E-state index in [0.717, 1.165) is 13.8 Å². The van der Waals surface area contributed by atoms with Crippen molar-refractivity contribution < 1.29 is 35.9 Å². The molecule has 8 heteroatoms. The lowest BCUT2D eigenvalue weighted by molar-refractivity contribution is -0.370. The molecule has 0 bridgehead atoms. The van der Waals surface area contributed by atoms with Crippen LogP contribution in [0.4, 0.5) is 26.3 Å². The molecule has 0 spiro atoms. The van der Waals surface area contributed by atoms with Gasteiger partial charge in [0, 0.05) is 12.0 Å². The van der Waals surface area contributed by atoms with Gasteiger partial charge < -0.3 is 4.74 Å². The van der Waals surface area contributed by atoms with E-state index in [-0.39, 0.29) is 0 Å². The molecule has 0 amide bonds. The van der Waals surface area contributed by atoms with Crippen molar-refractivity contribution in [1.82, 2.24) is 0 Å². The Hall–Kier alpha value is -1.21. The third-order valence-electron chi connectivity index (χ3n) is 2.13. The second kappa shape index (κ2) is 5.19. The highest BCUT2D eigenvalue weighted by molar-refractivity contribution is 5.87. The number of carbonyl (C=O) groups is 1. The normalized spacial score (nSPS) is 13.3. The molecule has 0 fully saturated rings. The van der Waals surface area contributed by atoms with E-state index in [1.807, 2.05) is 0 Å². The lowest BCUT2D eigenvalue weighted by Crippen LogP contribution is -2.59. The van der Waals surface area contributed by atoms with Crippen molar-refractivity contribution in [2.45, 2.75) is 44.6 Å². The molecule has 0 aliphatic heterocycles. The molecule has 0 saturated heterocycles. The van der Waals surface area contributed by atoms with E-state index in [4.69, 9.17) is 0 Å². The van der Waals surface area contributed by atoms with Gasteiger partial charge in [-0.1, -0.05) is 19.9 Å². The summed E-state index contributed by atoms with van der Waals surface area (Å²) in [5.41, 5.74) is -5.02. The maximum atomic E-state index is 12.7. The molecule has 0 radical (unpaired) electrons. The van der Waals surface area contributed by atoms with Gasteiger partial charge in [-0.3, -0.25) is 0 Å². The molecule has 0 aromatic carbocycles. The Morgan fingerprint density at radius 3 is 1.72 bits per heavy atom. The molecule has 0 unspecified atom stereocenters. The highest BCUT2D eigenvalue weighted by Crippen LogP contribution is 2.49. The fourth-order valence-corrected chi connectivity index (χ4v) is 1.21. The third kappa shape index (κ3) is 3.17. The summed E-state index contributed by atoms with van der Waals surface area (Å²) in [6.07, 6.45) is -13.3. The summed E-state index contributed by atoms with van der Waals surface area (Å²) in [4.78, 5) is 11.0. The molecule has 0 aliphatic rings. The molecule has 0 N–H and O–H groups in total. The minimum Gasteiger partial charge on any atom is -0.436 e. The first-order valence-electron chi connectivity index (χ1n) is 4.91. The lowest BCUT2D eigenvalue weighted by Gasteiger charge is -2.36. The summed E-state index contributed by atoms with van der Waals surface area (Å²) in [7, 11) is 0. The Balaban J connectivity index is 5.64. The Morgan fingerprint density at radius 1 is 1.11 bits per heavy atom. The van der Waals surface area contributed by atoms with Crippen molar-refractivity contribution in [2.75, 3.05) is 0 Å². The van der Waals surface area contributed by atoms with Crippen molar-refractivity contribution in [3.63, 3.8) is 0 Å². The SMILES string of the molecule is C=C(C)C(=O)OC(CCC)(C(F)(F)F)C(F)(F)F. The molecule has 0 aromatic heterocycles. The predicted octanol–water partition coefficient (Wildman–Crippen LogP) is 3.77. The van der Waals surface area contributed by atoms with Gasteiger partial charge in [-0.05, 0) is 6.92 Å². The van der Waals surface area contributed by atoms with Crippen LogP contribution in [0.25, 0.3) is 0 Å². The van der Waals surface area contributed by atoms with Crippen LogP contribution in [0.1, 0.15) is 26.7 Å². The molecule has 0 atom stereocenters. The maximum Gasteiger partial charge on any atom is 0.437 e. The van der Waals surface area contributed by atoms with Crippen molar-refractivity contribution in [1.29, 1.82) is 0 Å². The van der Waals surface area contributed by atoms with E-state index in [1.54, 1.807) is 0 Å². The van der Waals surface area contributed by atoms with Crippen molar-refractivity contribution in [3.8, 4) is 0 Å². The van der Waals surface area contributed by atoms with Gasteiger partial charge in [-0.2, -0.15) is 26.3 Å². The Bertz CT molecular complexity index is 314. The highest BCUT2D eigenvalue weighted by atomic mass is 19.4. The van der Waals surface area contributed by atoms with Crippen LogP contribution in [-0.4, -0.2) is 23.9 Å². The third-order valence-corrected chi connectivity index (χ3v) is 2.13. The molecule has 106 valence electrons. The molecule has 0 rings (SSSR count). The van der Waals surface area contributed by atoms with Crippen LogP contribution in [0, 0.1) is 0 Å². The fraction of sp³-hybridized carbons (Fsp3) is 0.700. The Morgan fingerprint density at radius 2 is 1.50 bits per heavy atom. The predicted molar refractivity (Wildman–Crippen MR) is 50.7 cm³/mol. The molecule has 0 aliphatic carbocycles. The standard InChI is InChI=1S/C10H12F6O2/c1-4-5-8(9(11,12)13,10(14,15)16)18-7(17)6(2)3/h2,4-5H2,1,3H3.